The van der Waals surface area contributed by atoms with Crippen LogP contribution in [0.1, 0.15) is 47.0 Å². The number of aromatic nitrogens is 1. The summed E-state index contributed by atoms with van der Waals surface area (Å²) in [5.41, 5.74) is 0.0646. The number of unbranched alkanes of at least 4 members (excludes halogenated alkanes) is 1. The maximum absolute atomic E-state index is 11.6. The average molecular weight is 491 g/mol. The molecule has 1 aromatic rings. The number of rotatable bonds is 11. The largest absolute Gasteiger partial charge is 0.356 e. The third-order valence-electron chi connectivity index (χ3n) is 4.45. The molecule has 1 heterocycles. The monoisotopic (exact) mass is 491 g/mol. The Morgan fingerprint density at radius 1 is 1.07 bits per heavy atom. The second-order valence-corrected chi connectivity index (χ2v) is 7.14. The van der Waals surface area contributed by atoms with Gasteiger partial charge in [-0.05, 0) is 53.0 Å². The third kappa shape index (κ3) is 10.7. The molecule has 7 heteroatoms. The Hall–Kier alpha value is -1.09. The summed E-state index contributed by atoms with van der Waals surface area (Å²) in [6.07, 6.45) is 4.89. The van der Waals surface area contributed by atoms with E-state index in [-0.39, 0.29) is 29.5 Å². The zero-order valence-electron chi connectivity index (χ0n) is 17.6. The van der Waals surface area contributed by atoms with E-state index < -0.39 is 0 Å². The highest BCUT2D eigenvalue weighted by Crippen LogP contribution is 2.05. The highest BCUT2D eigenvalue weighted by molar-refractivity contribution is 14.0. The van der Waals surface area contributed by atoms with Crippen LogP contribution in [-0.2, 0) is 6.54 Å². The maximum atomic E-state index is 11.6. The van der Waals surface area contributed by atoms with Crippen molar-refractivity contribution >= 4 is 29.9 Å². The van der Waals surface area contributed by atoms with Gasteiger partial charge < -0.3 is 15.2 Å². The summed E-state index contributed by atoms with van der Waals surface area (Å²) < 4.78 is 1.75. The van der Waals surface area contributed by atoms with Gasteiger partial charge in [0.1, 0.15) is 0 Å². The molecule has 0 aliphatic rings. The molecular weight excluding hydrogens is 453 g/mol. The van der Waals surface area contributed by atoms with Crippen LogP contribution >= 0.6 is 24.0 Å². The molecule has 0 bridgehead atoms. The van der Waals surface area contributed by atoms with Gasteiger partial charge in [-0.3, -0.25) is 14.7 Å². The quantitative estimate of drug-likeness (QED) is 0.216. The number of nitrogens with one attached hydrogen (secondary N) is 2. The summed E-state index contributed by atoms with van der Waals surface area (Å²) in [4.78, 5) is 18.4. The molecule has 0 amide bonds. The minimum absolute atomic E-state index is 0. The molecular formula is C20H38IN5O. The maximum Gasteiger partial charge on any atom is 0.250 e. The number of aliphatic imine (C=N–C) groups is 1. The van der Waals surface area contributed by atoms with Gasteiger partial charge in [0.05, 0.1) is 0 Å². The minimum Gasteiger partial charge on any atom is -0.356 e. The Kier molecular flexibility index (Phi) is 14.3. The van der Waals surface area contributed by atoms with Gasteiger partial charge >= 0.3 is 0 Å². The van der Waals surface area contributed by atoms with Crippen LogP contribution in [0.2, 0.25) is 0 Å². The van der Waals surface area contributed by atoms with E-state index in [1.165, 1.54) is 0 Å². The number of halogens is 1. The van der Waals surface area contributed by atoms with Gasteiger partial charge in [-0.1, -0.05) is 6.07 Å². The lowest BCUT2D eigenvalue weighted by molar-refractivity contribution is 0.173. The molecule has 0 aromatic carbocycles. The first-order valence-electron chi connectivity index (χ1n) is 9.81. The Balaban J connectivity index is 0.00000676. The van der Waals surface area contributed by atoms with E-state index in [1.807, 2.05) is 12.3 Å². The van der Waals surface area contributed by atoms with Crippen molar-refractivity contribution in [2.75, 3.05) is 26.7 Å². The first-order chi connectivity index (χ1) is 12.5. The van der Waals surface area contributed by atoms with E-state index in [0.717, 1.165) is 51.4 Å². The van der Waals surface area contributed by atoms with Gasteiger partial charge in [0.2, 0.25) is 5.56 Å². The second-order valence-electron chi connectivity index (χ2n) is 7.14. The van der Waals surface area contributed by atoms with E-state index in [4.69, 9.17) is 0 Å². The second kappa shape index (κ2) is 14.9. The van der Waals surface area contributed by atoms with Crippen LogP contribution in [0.5, 0.6) is 0 Å². The summed E-state index contributed by atoms with van der Waals surface area (Å²) in [5.74, 6) is 0.850. The summed E-state index contributed by atoms with van der Waals surface area (Å²) in [7, 11) is 1.80. The van der Waals surface area contributed by atoms with Gasteiger partial charge in [-0.25, -0.2) is 0 Å². The van der Waals surface area contributed by atoms with Crippen molar-refractivity contribution in [3.05, 3.63) is 34.7 Å². The number of pyridine rings is 1. The molecule has 0 atom stereocenters. The minimum atomic E-state index is 0. The SMILES string of the molecule is CN=C(NCCCCn1ccccc1=O)NCCCN(C(C)C)C(C)C.I. The fraction of sp³-hybridized carbons (Fsp3) is 0.700. The van der Waals surface area contributed by atoms with Crippen LogP contribution in [0.15, 0.2) is 34.2 Å². The van der Waals surface area contributed by atoms with Gasteiger partial charge in [-0.15, -0.1) is 24.0 Å². The zero-order chi connectivity index (χ0) is 19.4. The van der Waals surface area contributed by atoms with Crippen molar-refractivity contribution in [2.24, 2.45) is 4.99 Å². The van der Waals surface area contributed by atoms with E-state index in [2.05, 4.69) is 48.2 Å². The predicted octanol–water partition coefficient (Wildman–Crippen LogP) is 2.92. The fourth-order valence-corrected chi connectivity index (χ4v) is 3.06. The lowest BCUT2D eigenvalue weighted by Gasteiger charge is -2.30. The molecule has 0 saturated heterocycles. The van der Waals surface area contributed by atoms with E-state index >= 15 is 0 Å². The third-order valence-corrected chi connectivity index (χ3v) is 4.45. The van der Waals surface area contributed by atoms with Crippen LogP contribution in [0.25, 0.3) is 0 Å². The average Bonchev–Trinajstić information content (AvgIpc) is 2.60. The summed E-state index contributed by atoms with van der Waals surface area (Å²) in [6, 6.07) is 6.42. The zero-order valence-corrected chi connectivity index (χ0v) is 19.9. The number of guanidine groups is 1. The van der Waals surface area contributed by atoms with E-state index in [1.54, 1.807) is 23.7 Å². The molecule has 1 rings (SSSR count). The van der Waals surface area contributed by atoms with Crippen LogP contribution in [0.3, 0.4) is 0 Å². The number of nitrogens with zero attached hydrogens (tertiary/aromatic N) is 3. The summed E-state index contributed by atoms with van der Waals surface area (Å²) >= 11 is 0. The van der Waals surface area contributed by atoms with Gasteiger partial charge in [0.15, 0.2) is 5.96 Å². The van der Waals surface area contributed by atoms with Crippen LogP contribution in [-0.4, -0.2) is 54.2 Å². The number of hydrogen-bond donors (Lipinski definition) is 2. The highest BCUT2D eigenvalue weighted by Gasteiger charge is 2.12. The number of aryl methyl sites for hydroxylation is 1. The molecule has 2 N–H and O–H groups in total. The molecule has 0 fully saturated rings. The molecule has 0 spiro atoms. The van der Waals surface area contributed by atoms with Crippen molar-refractivity contribution < 1.29 is 0 Å². The molecule has 27 heavy (non-hydrogen) atoms. The van der Waals surface area contributed by atoms with Crippen LogP contribution in [0, 0.1) is 0 Å². The number of hydrogen-bond acceptors (Lipinski definition) is 3. The topological polar surface area (TPSA) is 61.7 Å². The van der Waals surface area contributed by atoms with Crippen molar-refractivity contribution in [1.29, 1.82) is 0 Å². The van der Waals surface area contributed by atoms with Crippen molar-refractivity contribution in [1.82, 2.24) is 20.1 Å². The predicted molar refractivity (Wildman–Crippen MR) is 126 cm³/mol. The summed E-state index contributed by atoms with van der Waals surface area (Å²) in [6.45, 7) is 12.6. The molecule has 0 radical (unpaired) electrons. The summed E-state index contributed by atoms with van der Waals surface area (Å²) in [5, 5.41) is 6.72. The van der Waals surface area contributed by atoms with E-state index in [9.17, 15) is 4.79 Å². The Morgan fingerprint density at radius 3 is 2.26 bits per heavy atom. The van der Waals surface area contributed by atoms with Crippen LogP contribution < -0.4 is 16.2 Å². The Labute approximate surface area is 181 Å². The normalized spacial score (nSPS) is 11.8. The lowest BCUT2D eigenvalue weighted by Crippen LogP contribution is -2.41. The van der Waals surface area contributed by atoms with E-state index in [0.29, 0.717) is 12.1 Å². The van der Waals surface area contributed by atoms with Crippen molar-refractivity contribution in [2.45, 2.75) is 65.6 Å². The highest BCUT2D eigenvalue weighted by atomic mass is 127. The Morgan fingerprint density at radius 2 is 1.70 bits per heavy atom. The van der Waals surface area contributed by atoms with Crippen LogP contribution in [0.4, 0.5) is 0 Å². The fourth-order valence-electron chi connectivity index (χ4n) is 3.06. The molecule has 0 aliphatic carbocycles. The molecule has 1 aromatic heterocycles. The first-order valence-corrected chi connectivity index (χ1v) is 9.81. The molecule has 0 saturated carbocycles. The van der Waals surface area contributed by atoms with Crippen molar-refractivity contribution in [3.8, 4) is 0 Å². The van der Waals surface area contributed by atoms with Gasteiger partial charge in [-0.2, -0.15) is 0 Å². The Bertz CT molecular complexity index is 578. The lowest BCUT2D eigenvalue weighted by atomic mass is 10.2. The molecule has 0 aliphatic heterocycles. The molecule has 6 nitrogen and oxygen atoms in total. The molecule has 0 unspecified atom stereocenters. The van der Waals surface area contributed by atoms with Gasteiger partial charge in [0, 0.05) is 57.6 Å². The van der Waals surface area contributed by atoms with Crippen molar-refractivity contribution in [3.63, 3.8) is 0 Å². The standard InChI is InChI=1S/C20H37N5O.HI/c1-17(2)25(18(3)4)16-10-13-23-20(21-5)22-12-7-9-15-24-14-8-6-11-19(24)26;/h6,8,11,14,17-18H,7,9-10,12-13,15-16H2,1-5H3,(H2,21,22,23);1H. The first kappa shape index (κ1) is 25.9. The molecule has 156 valence electrons. The smallest absolute Gasteiger partial charge is 0.250 e. The van der Waals surface area contributed by atoms with Gasteiger partial charge in [0.25, 0.3) is 0 Å².